The molecule has 1 aromatic heterocycles. The standard InChI is InChI=1S/C22H28N4O2.C2H3F.C2H4/c1-3-9-19(27)26(15-7-5-4-6-14-23)18-11-8-10-17(16-18)20-24-21(28-25-20)22(2)12-13-22;1-2-3;1-2/h8,10-11,16H,3-7,9,12-13,15H2,1-2H3;2H,1H2;1-2H2. The number of hydrogen-bond acceptors (Lipinski definition) is 5. The number of carbonyl (C=O) groups is 1. The van der Waals surface area contributed by atoms with Crippen LogP contribution in [0.25, 0.3) is 11.4 Å². The quantitative estimate of drug-likeness (QED) is 0.288. The zero-order valence-electron chi connectivity index (χ0n) is 19.9. The lowest BCUT2D eigenvalue weighted by Crippen LogP contribution is -2.31. The van der Waals surface area contributed by atoms with Crippen LogP contribution in [0.15, 0.2) is 54.9 Å². The molecule has 0 spiro atoms. The van der Waals surface area contributed by atoms with Gasteiger partial charge in [0.1, 0.15) is 0 Å². The maximum atomic E-state index is 12.7. The van der Waals surface area contributed by atoms with Gasteiger partial charge in [-0.2, -0.15) is 10.2 Å². The van der Waals surface area contributed by atoms with Crippen LogP contribution in [0.4, 0.5) is 10.1 Å². The third kappa shape index (κ3) is 8.64. The largest absolute Gasteiger partial charge is 0.338 e. The average Bonchev–Trinajstić information content (AvgIpc) is 3.37. The lowest BCUT2D eigenvalue weighted by atomic mass is 10.1. The molecule has 0 saturated heterocycles. The van der Waals surface area contributed by atoms with Gasteiger partial charge in [-0.3, -0.25) is 4.79 Å². The zero-order valence-corrected chi connectivity index (χ0v) is 19.9. The van der Waals surface area contributed by atoms with Gasteiger partial charge in [0, 0.05) is 36.1 Å². The molecule has 1 saturated carbocycles. The normalized spacial score (nSPS) is 12.8. The molecule has 7 heteroatoms. The molecule has 3 rings (SSSR count). The minimum atomic E-state index is 0.0371. The minimum Gasteiger partial charge on any atom is -0.338 e. The highest BCUT2D eigenvalue weighted by molar-refractivity contribution is 5.93. The number of anilines is 1. The van der Waals surface area contributed by atoms with E-state index in [1.165, 1.54) is 0 Å². The maximum Gasteiger partial charge on any atom is 0.232 e. The summed E-state index contributed by atoms with van der Waals surface area (Å²) in [6.45, 7) is 13.5. The molecule has 178 valence electrons. The average molecular weight is 455 g/mol. The van der Waals surface area contributed by atoms with Crippen molar-refractivity contribution in [3.63, 3.8) is 0 Å². The summed E-state index contributed by atoms with van der Waals surface area (Å²) in [6, 6.07) is 9.97. The Hall–Kier alpha value is -3.27. The van der Waals surface area contributed by atoms with Crippen LogP contribution >= 0.6 is 0 Å². The van der Waals surface area contributed by atoms with Crippen molar-refractivity contribution in [1.82, 2.24) is 10.1 Å². The predicted octanol–water partition coefficient (Wildman–Crippen LogP) is 6.91. The Kier molecular flexibility index (Phi) is 12.4. The van der Waals surface area contributed by atoms with Crippen LogP contribution in [-0.2, 0) is 10.2 Å². The van der Waals surface area contributed by atoms with Crippen LogP contribution in [0.1, 0.15) is 71.1 Å². The molecular weight excluding hydrogens is 419 g/mol. The van der Waals surface area contributed by atoms with Gasteiger partial charge in [-0.1, -0.05) is 44.1 Å². The summed E-state index contributed by atoms with van der Waals surface area (Å²) in [5.41, 5.74) is 1.76. The van der Waals surface area contributed by atoms with E-state index in [-0.39, 0.29) is 17.7 Å². The summed E-state index contributed by atoms with van der Waals surface area (Å²) in [5.74, 6) is 1.39. The molecule has 1 aliphatic carbocycles. The van der Waals surface area contributed by atoms with Crippen molar-refractivity contribution >= 4 is 11.6 Å². The second-order valence-electron chi connectivity index (χ2n) is 7.95. The van der Waals surface area contributed by atoms with Crippen molar-refractivity contribution in [2.24, 2.45) is 0 Å². The highest BCUT2D eigenvalue weighted by Crippen LogP contribution is 2.47. The van der Waals surface area contributed by atoms with Gasteiger partial charge in [-0.05, 0) is 44.2 Å². The highest BCUT2D eigenvalue weighted by atomic mass is 19.1. The molecule has 6 nitrogen and oxygen atoms in total. The number of aromatic nitrogens is 2. The maximum absolute atomic E-state index is 12.7. The molecule has 1 aliphatic rings. The van der Waals surface area contributed by atoms with E-state index in [1.807, 2.05) is 36.1 Å². The summed E-state index contributed by atoms with van der Waals surface area (Å²) in [4.78, 5) is 19.1. The zero-order chi connectivity index (χ0) is 24.7. The Morgan fingerprint density at radius 3 is 2.64 bits per heavy atom. The minimum absolute atomic E-state index is 0.0371. The molecule has 1 aromatic carbocycles. The molecule has 1 fully saturated rings. The lowest BCUT2D eigenvalue weighted by molar-refractivity contribution is -0.118. The Morgan fingerprint density at radius 1 is 1.33 bits per heavy atom. The third-order valence-corrected chi connectivity index (χ3v) is 5.29. The van der Waals surface area contributed by atoms with Crippen molar-refractivity contribution in [3.8, 4) is 17.5 Å². The van der Waals surface area contributed by atoms with Crippen molar-refractivity contribution in [2.75, 3.05) is 11.4 Å². The Morgan fingerprint density at radius 2 is 2.03 bits per heavy atom. The first-order valence-electron chi connectivity index (χ1n) is 11.3. The van der Waals surface area contributed by atoms with E-state index in [2.05, 4.69) is 42.9 Å². The number of hydrogen-bond donors (Lipinski definition) is 0. The number of unbranched alkanes of at least 4 members (excludes halogenated alkanes) is 3. The first-order valence-corrected chi connectivity index (χ1v) is 11.3. The van der Waals surface area contributed by atoms with Gasteiger partial charge in [0.2, 0.25) is 17.6 Å². The van der Waals surface area contributed by atoms with E-state index in [9.17, 15) is 9.18 Å². The second kappa shape index (κ2) is 14.7. The van der Waals surface area contributed by atoms with Crippen LogP contribution < -0.4 is 4.90 Å². The molecule has 1 amide bonds. The Labute approximate surface area is 196 Å². The lowest BCUT2D eigenvalue weighted by Gasteiger charge is -2.23. The van der Waals surface area contributed by atoms with Crippen LogP contribution in [0, 0.1) is 11.3 Å². The Bertz CT molecular complexity index is 915. The number of rotatable bonds is 10. The molecule has 0 bridgehead atoms. The van der Waals surface area contributed by atoms with Gasteiger partial charge >= 0.3 is 0 Å². The van der Waals surface area contributed by atoms with Crippen LogP contribution in [0.2, 0.25) is 0 Å². The first-order chi connectivity index (χ1) is 16.0. The van der Waals surface area contributed by atoms with Crippen LogP contribution in [0.5, 0.6) is 0 Å². The third-order valence-electron chi connectivity index (χ3n) is 5.29. The van der Waals surface area contributed by atoms with Gasteiger partial charge < -0.3 is 9.42 Å². The van der Waals surface area contributed by atoms with Gasteiger partial charge in [0.15, 0.2) is 0 Å². The van der Waals surface area contributed by atoms with Crippen molar-refractivity contribution in [3.05, 3.63) is 56.2 Å². The molecule has 0 N–H and O–H groups in total. The van der Waals surface area contributed by atoms with Crippen molar-refractivity contribution < 1.29 is 13.7 Å². The fourth-order valence-corrected chi connectivity index (χ4v) is 3.20. The monoisotopic (exact) mass is 454 g/mol. The van der Waals surface area contributed by atoms with E-state index in [4.69, 9.17) is 9.78 Å². The topological polar surface area (TPSA) is 83.0 Å². The predicted molar refractivity (Wildman–Crippen MR) is 130 cm³/mol. The summed E-state index contributed by atoms with van der Waals surface area (Å²) in [5, 5.41) is 12.8. The van der Waals surface area contributed by atoms with Gasteiger partial charge in [-0.15, -0.1) is 13.2 Å². The highest BCUT2D eigenvalue weighted by Gasteiger charge is 2.44. The summed E-state index contributed by atoms with van der Waals surface area (Å²) in [6.07, 6.45) is 7.01. The smallest absolute Gasteiger partial charge is 0.232 e. The SMILES string of the molecule is C=C.C=CF.CCCC(=O)N(CCCCCC#N)c1cccc(-c2noc(C3(C)CC3)n2)c1. The number of benzene rings is 1. The van der Waals surface area contributed by atoms with Crippen molar-refractivity contribution in [2.45, 2.75) is 70.6 Å². The fourth-order valence-electron chi connectivity index (χ4n) is 3.20. The van der Waals surface area contributed by atoms with E-state index in [0.29, 0.717) is 31.1 Å². The van der Waals surface area contributed by atoms with E-state index in [0.717, 1.165) is 49.8 Å². The summed E-state index contributed by atoms with van der Waals surface area (Å²) in [7, 11) is 0. The number of nitriles is 1. The number of carbonyl (C=O) groups excluding carboxylic acids is 1. The van der Waals surface area contributed by atoms with Gasteiger partial charge in [0.25, 0.3) is 0 Å². The van der Waals surface area contributed by atoms with Crippen molar-refractivity contribution in [1.29, 1.82) is 5.26 Å². The molecule has 0 unspecified atom stereocenters. The summed E-state index contributed by atoms with van der Waals surface area (Å²) < 4.78 is 15.5. The molecule has 0 radical (unpaired) electrons. The molecule has 0 atom stereocenters. The van der Waals surface area contributed by atoms with Crippen LogP contribution in [-0.4, -0.2) is 22.6 Å². The molecule has 2 aromatic rings. The van der Waals surface area contributed by atoms with Crippen LogP contribution in [0.3, 0.4) is 0 Å². The number of nitrogens with zero attached hydrogens (tertiary/aromatic N) is 4. The molecular formula is C26H35FN4O2. The Balaban J connectivity index is 0.00000101. The fraction of sp³-hybridized carbons (Fsp3) is 0.462. The first kappa shape index (κ1) is 27.8. The molecule has 0 aliphatic heterocycles. The van der Waals surface area contributed by atoms with Gasteiger partial charge in [-0.25, -0.2) is 4.39 Å². The number of amides is 1. The second-order valence-corrected chi connectivity index (χ2v) is 7.95. The van der Waals surface area contributed by atoms with E-state index < -0.39 is 0 Å². The molecule has 1 heterocycles. The van der Waals surface area contributed by atoms with E-state index in [1.54, 1.807) is 0 Å². The van der Waals surface area contributed by atoms with Gasteiger partial charge in [0.05, 0.1) is 12.4 Å². The number of halogens is 1. The van der Waals surface area contributed by atoms with E-state index >= 15 is 0 Å². The summed E-state index contributed by atoms with van der Waals surface area (Å²) >= 11 is 0. The molecule has 33 heavy (non-hydrogen) atoms.